The van der Waals surface area contributed by atoms with E-state index in [1.807, 2.05) is 6.92 Å². The molecule has 0 spiro atoms. The summed E-state index contributed by atoms with van der Waals surface area (Å²) in [6.45, 7) is 2.00. The molecule has 3 nitrogen and oxygen atoms in total. The Kier molecular flexibility index (Phi) is 2.31. The molecule has 1 fully saturated rings. The van der Waals surface area contributed by atoms with Crippen LogP contribution in [0.2, 0.25) is 0 Å². The van der Waals surface area contributed by atoms with E-state index in [0.717, 1.165) is 19.3 Å². The molecule has 4 heteroatoms. The zero-order valence-electron chi connectivity index (χ0n) is 6.13. The highest BCUT2D eigenvalue weighted by Crippen LogP contribution is 2.10. The van der Waals surface area contributed by atoms with Gasteiger partial charge in [-0.3, -0.25) is 0 Å². The average molecular weight is 163 g/mol. The molecule has 1 N–H and O–H groups in total. The van der Waals surface area contributed by atoms with E-state index in [9.17, 15) is 8.42 Å². The van der Waals surface area contributed by atoms with Crippen molar-refractivity contribution in [2.24, 2.45) is 0 Å². The zero-order valence-corrected chi connectivity index (χ0v) is 6.95. The molecule has 0 saturated carbocycles. The summed E-state index contributed by atoms with van der Waals surface area (Å²) in [6.07, 6.45) is 2.71. The average Bonchev–Trinajstić information content (AvgIpc) is 1.86. The van der Waals surface area contributed by atoms with Gasteiger partial charge in [0.2, 0.25) is 10.0 Å². The molecule has 0 bridgehead atoms. The van der Waals surface area contributed by atoms with Crippen molar-refractivity contribution in [3.63, 3.8) is 0 Å². The normalized spacial score (nSPS) is 31.9. The molecule has 0 amide bonds. The summed E-state index contributed by atoms with van der Waals surface area (Å²) in [5.74, 6) is 0.309. The number of hydrogen-bond acceptors (Lipinski definition) is 2. The number of rotatable bonds is 1. The molecule has 60 valence electrons. The fourth-order valence-electron chi connectivity index (χ4n) is 1.18. The largest absolute Gasteiger partial charge is 0.212 e. The van der Waals surface area contributed by atoms with E-state index in [-0.39, 0.29) is 6.04 Å². The first kappa shape index (κ1) is 8.01. The molecule has 10 heavy (non-hydrogen) atoms. The van der Waals surface area contributed by atoms with Gasteiger partial charge in [-0.05, 0) is 19.3 Å². The number of sulfonamides is 1. The Morgan fingerprint density at radius 2 is 2.30 bits per heavy atom. The lowest BCUT2D eigenvalue weighted by Gasteiger charge is -2.21. The summed E-state index contributed by atoms with van der Waals surface area (Å²) in [7, 11) is -2.89. The molecule has 0 radical (unpaired) electrons. The van der Waals surface area contributed by atoms with E-state index < -0.39 is 10.0 Å². The summed E-state index contributed by atoms with van der Waals surface area (Å²) in [5.41, 5.74) is 0. The van der Waals surface area contributed by atoms with Crippen LogP contribution in [0.1, 0.15) is 26.2 Å². The molecule has 0 unspecified atom stereocenters. The number of nitrogens with one attached hydrogen (secondary N) is 1. The highest BCUT2D eigenvalue weighted by Gasteiger charge is 2.21. The Balaban J connectivity index is 2.56. The second kappa shape index (κ2) is 2.88. The van der Waals surface area contributed by atoms with Gasteiger partial charge in [0.15, 0.2) is 0 Å². The monoisotopic (exact) mass is 163 g/mol. The lowest BCUT2D eigenvalue weighted by atomic mass is 10.1. The quantitative estimate of drug-likeness (QED) is 0.611. The van der Waals surface area contributed by atoms with Crippen LogP contribution in [0.4, 0.5) is 0 Å². The van der Waals surface area contributed by atoms with Crippen LogP contribution in [-0.4, -0.2) is 20.2 Å². The summed E-state index contributed by atoms with van der Waals surface area (Å²) in [6, 6.07) is 0.193. The Bertz CT molecular complexity index is 198. The Labute approximate surface area is 61.9 Å². The lowest BCUT2D eigenvalue weighted by Crippen LogP contribution is -2.40. The SMILES string of the molecule is CC[C@H]1CCCS(=O)(=O)N1. The Hall–Kier alpha value is -0.0900. The molecule has 1 heterocycles. The van der Waals surface area contributed by atoms with Crippen molar-refractivity contribution in [3.8, 4) is 0 Å². The second-order valence-corrected chi connectivity index (χ2v) is 4.56. The van der Waals surface area contributed by atoms with Crippen LogP contribution in [0, 0.1) is 0 Å². The third-order valence-electron chi connectivity index (χ3n) is 1.80. The molecule has 1 atom stereocenters. The van der Waals surface area contributed by atoms with E-state index in [1.165, 1.54) is 0 Å². The van der Waals surface area contributed by atoms with Gasteiger partial charge in [0.25, 0.3) is 0 Å². The van der Waals surface area contributed by atoms with Crippen LogP contribution in [0.25, 0.3) is 0 Å². The van der Waals surface area contributed by atoms with Crippen molar-refractivity contribution in [2.45, 2.75) is 32.2 Å². The molecule has 1 saturated heterocycles. The predicted molar refractivity (Wildman–Crippen MR) is 40.2 cm³/mol. The summed E-state index contributed by atoms with van der Waals surface area (Å²) < 4.78 is 24.4. The molecule has 1 rings (SSSR count). The van der Waals surface area contributed by atoms with Gasteiger partial charge < -0.3 is 0 Å². The second-order valence-electron chi connectivity index (χ2n) is 2.68. The van der Waals surface area contributed by atoms with E-state index >= 15 is 0 Å². The molecular formula is C6H13NO2S. The van der Waals surface area contributed by atoms with E-state index in [2.05, 4.69) is 4.72 Å². The minimum Gasteiger partial charge on any atom is -0.212 e. The minimum absolute atomic E-state index is 0.193. The Morgan fingerprint density at radius 1 is 1.60 bits per heavy atom. The van der Waals surface area contributed by atoms with Gasteiger partial charge in [0, 0.05) is 6.04 Å². The smallest absolute Gasteiger partial charge is 0.211 e. The van der Waals surface area contributed by atoms with Crippen molar-refractivity contribution in [1.82, 2.24) is 4.72 Å². The summed E-state index contributed by atoms with van der Waals surface area (Å²) in [5, 5.41) is 0. The minimum atomic E-state index is -2.89. The van der Waals surface area contributed by atoms with Gasteiger partial charge in [-0.25, -0.2) is 13.1 Å². The lowest BCUT2D eigenvalue weighted by molar-refractivity contribution is 0.485. The molecule has 1 aliphatic rings. The van der Waals surface area contributed by atoms with Crippen molar-refractivity contribution >= 4 is 10.0 Å². The molecule has 0 aromatic carbocycles. The van der Waals surface area contributed by atoms with Gasteiger partial charge in [0.05, 0.1) is 5.75 Å². The zero-order chi connectivity index (χ0) is 7.61. The molecular weight excluding hydrogens is 150 g/mol. The van der Waals surface area contributed by atoms with Crippen LogP contribution in [-0.2, 0) is 10.0 Å². The first-order chi connectivity index (χ1) is 4.64. The highest BCUT2D eigenvalue weighted by molar-refractivity contribution is 7.89. The van der Waals surface area contributed by atoms with Gasteiger partial charge in [-0.15, -0.1) is 0 Å². The van der Waals surface area contributed by atoms with E-state index in [4.69, 9.17) is 0 Å². The third kappa shape index (κ3) is 1.95. The van der Waals surface area contributed by atoms with Crippen LogP contribution in [0.5, 0.6) is 0 Å². The summed E-state index contributed by atoms with van der Waals surface area (Å²) >= 11 is 0. The van der Waals surface area contributed by atoms with Crippen LogP contribution in [0.3, 0.4) is 0 Å². The van der Waals surface area contributed by atoms with Crippen molar-refractivity contribution < 1.29 is 8.42 Å². The van der Waals surface area contributed by atoms with Crippen LogP contribution < -0.4 is 4.72 Å². The van der Waals surface area contributed by atoms with Gasteiger partial charge >= 0.3 is 0 Å². The maximum atomic E-state index is 10.9. The van der Waals surface area contributed by atoms with Gasteiger partial charge in [-0.1, -0.05) is 6.92 Å². The Morgan fingerprint density at radius 3 is 2.70 bits per heavy atom. The van der Waals surface area contributed by atoms with E-state index in [1.54, 1.807) is 0 Å². The first-order valence-electron chi connectivity index (χ1n) is 3.64. The maximum absolute atomic E-state index is 10.9. The fourth-order valence-corrected chi connectivity index (χ4v) is 2.64. The maximum Gasteiger partial charge on any atom is 0.211 e. The van der Waals surface area contributed by atoms with E-state index in [0.29, 0.717) is 5.75 Å². The topological polar surface area (TPSA) is 46.2 Å². The first-order valence-corrected chi connectivity index (χ1v) is 5.29. The molecule has 0 aliphatic carbocycles. The summed E-state index contributed by atoms with van der Waals surface area (Å²) in [4.78, 5) is 0. The van der Waals surface area contributed by atoms with Crippen LogP contribution in [0.15, 0.2) is 0 Å². The van der Waals surface area contributed by atoms with Gasteiger partial charge in [0.1, 0.15) is 0 Å². The van der Waals surface area contributed by atoms with Crippen molar-refractivity contribution in [3.05, 3.63) is 0 Å². The number of hydrogen-bond donors (Lipinski definition) is 1. The van der Waals surface area contributed by atoms with Gasteiger partial charge in [-0.2, -0.15) is 0 Å². The molecule has 1 aliphatic heterocycles. The molecule has 0 aromatic rings. The predicted octanol–water partition coefficient (Wildman–Crippen LogP) is 0.478. The molecule has 0 aromatic heterocycles. The third-order valence-corrected chi connectivity index (χ3v) is 3.32. The standard InChI is InChI=1S/C6H13NO2S/c1-2-6-4-3-5-10(8,9)7-6/h6-7H,2-5H2,1H3/t6-/m0/s1. The van der Waals surface area contributed by atoms with Crippen molar-refractivity contribution in [2.75, 3.05) is 5.75 Å². The highest BCUT2D eigenvalue weighted by atomic mass is 32.2. The van der Waals surface area contributed by atoms with Crippen LogP contribution >= 0.6 is 0 Å². The van der Waals surface area contributed by atoms with Crippen molar-refractivity contribution in [1.29, 1.82) is 0 Å². The fraction of sp³-hybridized carbons (Fsp3) is 1.00.